The number of aromatic nitrogens is 1. The van der Waals surface area contributed by atoms with Crippen molar-refractivity contribution < 1.29 is 24.6 Å². The molecule has 0 saturated heterocycles. The van der Waals surface area contributed by atoms with Crippen LogP contribution in [-0.4, -0.2) is 44.0 Å². The first kappa shape index (κ1) is 13.1. The average Bonchev–Trinajstić information content (AvgIpc) is 2.67. The number of carbonyl (C=O) groups excluding carboxylic acids is 1. The summed E-state index contributed by atoms with van der Waals surface area (Å²) in [6, 6.07) is -1.89. The molecule has 0 atom stereocenters. The van der Waals surface area contributed by atoms with Gasteiger partial charge in [0.05, 0.1) is 17.7 Å². The zero-order valence-electron chi connectivity index (χ0n) is 8.86. The highest BCUT2D eigenvalue weighted by Crippen LogP contribution is 2.10. The number of carbonyl (C=O) groups is 3. The Hall–Kier alpha value is -1.96. The molecule has 0 fully saturated rings. The zero-order chi connectivity index (χ0) is 13.0. The molecule has 0 aromatic carbocycles. The molecule has 0 aliphatic heterocycles. The van der Waals surface area contributed by atoms with Crippen molar-refractivity contribution in [3.05, 3.63) is 16.6 Å². The van der Waals surface area contributed by atoms with Crippen LogP contribution in [0, 0.1) is 0 Å². The summed E-state index contributed by atoms with van der Waals surface area (Å²) in [5.41, 5.74) is 1.97. The third-order valence-electron chi connectivity index (χ3n) is 2.00. The van der Waals surface area contributed by atoms with E-state index in [2.05, 4.69) is 4.98 Å². The first-order valence-electron chi connectivity index (χ1n) is 4.53. The second-order valence-corrected chi connectivity index (χ2v) is 3.92. The lowest BCUT2D eigenvalue weighted by atomic mass is 10.2. The van der Waals surface area contributed by atoms with Crippen LogP contribution in [0.5, 0.6) is 0 Å². The number of carboxylic acid groups (broad SMARTS) is 2. The highest BCUT2D eigenvalue weighted by Gasteiger charge is 2.34. The molecule has 0 radical (unpaired) electrons. The van der Waals surface area contributed by atoms with Gasteiger partial charge in [-0.3, -0.25) is 4.79 Å². The Morgan fingerprint density at radius 3 is 2.35 bits per heavy atom. The highest BCUT2D eigenvalue weighted by atomic mass is 32.1. The minimum absolute atomic E-state index is 0.137. The van der Waals surface area contributed by atoms with Gasteiger partial charge in [-0.1, -0.05) is 0 Å². The van der Waals surface area contributed by atoms with Crippen molar-refractivity contribution in [1.82, 2.24) is 9.88 Å². The number of nitrogens with zero attached hydrogens (tertiary/aromatic N) is 2. The number of amides is 1. The van der Waals surface area contributed by atoms with E-state index in [1.807, 2.05) is 0 Å². The number of thiazole rings is 1. The lowest BCUT2D eigenvalue weighted by molar-refractivity contribution is -0.161. The van der Waals surface area contributed by atoms with E-state index >= 15 is 0 Å². The summed E-state index contributed by atoms with van der Waals surface area (Å²) in [4.78, 5) is 37.6. The van der Waals surface area contributed by atoms with E-state index in [9.17, 15) is 14.4 Å². The Labute approximate surface area is 100 Å². The van der Waals surface area contributed by atoms with Gasteiger partial charge in [0.15, 0.2) is 0 Å². The Balaban J connectivity index is 2.95. The molecule has 0 unspecified atom stereocenters. The molecule has 1 amide bonds. The van der Waals surface area contributed by atoms with Gasteiger partial charge in [-0.25, -0.2) is 14.6 Å². The topological polar surface area (TPSA) is 108 Å². The first-order valence-corrected chi connectivity index (χ1v) is 5.47. The Morgan fingerprint density at radius 1 is 1.41 bits per heavy atom. The molecular weight excluding hydrogens is 248 g/mol. The van der Waals surface area contributed by atoms with Crippen molar-refractivity contribution in [2.24, 2.45) is 0 Å². The highest BCUT2D eigenvalue weighted by molar-refractivity contribution is 7.07. The van der Waals surface area contributed by atoms with Crippen LogP contribution in [0.25, 0.3) is 0 Å². The summed E-state index contributed by atoms with van der Waals surface area (Å²) >= 11 is 1.28. The van der Waals surface area contributed by atoms with Gasteiger partial charge in [0.2, 0.25) is 11.9 Å². The lowest BCUT2D eigenvalue weighted by Crippen LogP contribution is -2.48. The fourth-order valence-corrected chi connectivity index (χ4v) is 1.80. The van der Waals surface area contributed by atoms with E-state index in [0.29, 0.717) is 5.69 Å². The fourth-order valence-electron chi connectivity index (χ4n) is 1.25. The average molecular weight is 258 g/mol. The van der Waals surface area contributed by atoms with Crippen LogP contribution in [0.3, 0.4) is 0 Å². The number of hydrogen-bond acceptors (Lipinski definition) is 5. The summed E-state index contributed by atoms with van der Waals surface area (Å²) in [5, 5.41) is 19.2. The molecule has 1 rings (SSSR count). The molecule has 8 heteroatoms. The minimum atomic E-state index is -1.89. The molecule has 92 valence electrons. The summed E-state index contributed by atoms with van der Waals surface area (Å²) in [7, 11) is 0. The maximum absolute atomic E-state index is 11.3. The van der Waals surface area contributed by atoms with Gasteiger partial charge in [-0.15, -0.1) is 11.3 Å². The molecule has 2 N–H and O–H groups in total. The second kappa shape index (κ2) is 5.39. The summed E-state index contributed by atoms with van der Waals surface area (Å²) in [6.07, 6.45) is 0. The predicted octanol–water partition coefficient (Wildman–Crippen LogP) is 0.0294. The van der Waals surface area contributed by atoms with Crippen molar-refractivity contribution in [3.63, 3.8) is 0 Å². The van der Waals surface area contributed by atoms with Crippen molar-refractivity contribution in [3.8, 4) is 0 Å². The third-order valence-corrected chi connectivity index (χ3v) is 2.64. The standard InChI is InChI=1S/C9H10N2O5S/c1-5(12)11(2-6-3-17-4-10-6)7(8(13)14)9(15)16/h3-4,7H,2H2,1H3,(H,13,14)(H,15,16). The smallest absolute Gasteiger partial charge is 0.338 e. The van der Waals surface area contributed by atoms with Crippen LogP contribution in [0.2, 0.25) is 0 Å². The largest absolute Gasteiger partial charge is 0.479 e. The van der Waals surface area contributed by atoms with Crippen molar-refractivity contribution >= 4 is 29.2 Å². The molecule has 1 aromatic heterocycles. The maximum atomic E-state index is 11.3. The van der Waals surface area contributed by atoms with Crippen molar-refractivity contribution in [2.45, 2.75) is 19.5 Å². The van der Waals surface area contributed by atoms with Crippen LogP contribution in [0.4, 0.5) is 0 Å². The quantitative estimate of drug-likeness (QED) is 0.721. The molecular formula is C9H10N2O5S. The van der Waals surface area contributed by atoms with Crippen molar-refractivity contribution in [1.29, 1.82) is 0 Å². The molecule has 7 nitrogen and oxygen atoms in total. The SMILES string of the molecule is CC(=O)N(Cc1cscn1)C(C(=O)O)C(=O)O. The van der Waals surface area contributed by atoms with Gasteiger partial charge >= 0.3 is 11.9 Å². The van der Waals surface area contributed by atoms with E-state index in [1.54, 1.807) is 5.38 Å². The molecule has 0 saturated carbocycles. The van der Waals surface area contributed by atoms with E-state index in [-0.39, 0.29) is 6.54 Å². The number of hydrogen-bond donors (Lipinski definition) is 2. The van der Waals surface area contributed by atoms with Gasteiger partial charge in [0.25, 0.3) is 0 Å². The second-order valence-electron chi connectivity index (χ2n) is 3.21. The van der Waals surface area contributed by atoms with Gasteiger partial charge in [0.1, 0.15) is 0 Å². The van der Waals surface area contributed by atoms with Crippen LogP contribution < -0.4 is 0 Å². The normalized spacial score (nSPS) is 10.2. The molecule has 0 aliphatic rings. The van der Waals surface area contributed by atoms with E-state index < -0.39 is 23.9 Å². The van der Waals surface area contributed by atoms with E-state index in [0.717, 1.165) is 11.8 Å². The third kappa shape index (κ3) is 3.25. The molecule has 17 heavy (non-hydrogen) atoms. The molecule has 0 spiro atoms. The molecule has 0 bridgehead atoms. The fraction of sp³-hybridized carbons (Fsp3) is 0.333. The Bertz CT molecular complexity index is 417. The Kier molecular flexibility index (Phi) is 4.16. The molecule has 0 aliphatic carbocycles. The van der Waals surface area contributed by atoms with Gasteiger partial charge in [0, 0.05) is 12.3 Å². The van der Waals surface area contributed by atoms with Gasteiger partial charge in [-0.2, -0.15) is 0 Å². The molecule has 1 heterocycles. The monoisotopic (exact) mass is 258 g/mol. The number of carboxylic acids is 2. The molecule has 1 aromatic rings. The van der Waals surface area contributed by atoms with Crippen LogP contribution in [0.15, 0.2) is 10.9 Å². The first-order chi connectivity index (χ1) is 7.93. The predicted molar refractivity (Wildman–Crippen MR) is 57.4 cm³/mol. The maximum Gasteiger partial charge on any atom is 0.338 e. The van der Waals surface area contributed by atoms with Gasteiger partial charge in [-0.05, 0) is 0 Å². The minimum Gasteiger partial charge on any atom is -0.479 e. The summed E-state index contributed by atoms with van der Waals surface area (Å²) in [6.45, 7) is 0.980. The van der Waals surface area contributed by atoms with E-state index in [1.165, 1.54) is 16.8 Å². The van der Waals surface area contributed by atoms with Crippen LogP contribution in [0.1, 0.15) is 12.6 Å². The zero-order valence-corrected chi connectivity index (χ0v) is 9.68. The number of aliphatic carboxylic acids is 2. The van der Waals surface area contributed by atoms with Crippen molar-refractivity contribution in [2.75, 3.05) is 0 Å². The van der Waals surface area contributed by atoms with E-state index in [4.69, 9.17) is 10.2 Å². The van der Waals surface area contributed by atoms with Gasteiger partial charge < -0.3 is 15.1 Å². The number of rotatable bonds is 5. The lowest BCUT2D eigenvalue weighted by Gasteiger charge is -2.23. The summed E-state index contributed by atoms with van der Waals surface area (Å²) in [5.74, 6) is -3.79. The Morgan fingerprint density at radius 2 is 2.00 bits per heavy atom. The summed E-state index contributed by atoms with van der Waals surface area (Å²) < 4.78 is 0. The van der Waals surface area contributed by atoms with Crippen LogP contribution >= 0.6 is 11.3 Å². The van der Waals surface area contributed by atoms with Crippen LogP contribution in [-0.2, 0) is 20.9 Å².